The molecule has 10 aromatic carbocycles. The molecule has 1 aliphatic carbocycles. The van der Waals surface area contributed by atoms with Crippen molar-refractivity contribution < 1.29 is 0 Å². The van der Waals surface area contributed by atoms with E-state index in [1.54, 1.807) is 0 Å². The summed E-state index contributed by atoms with van der Waals surface area (Å²) in [4.78, 5) is 10.0. The van der Waals surface area contributed by atoms with E-state index in [1.165, 1.54) is 99.1 Å². The molecule has 0 atom stereocenters. The van der Waals surface area contributed by atoms with E-state index >= 15 is 0 Å². The zero-order valence-corrected chi connectivity index (χ0v) is 36.7. The summed E-state index contributed by atoms with van der Waals surface area (Å²) in [5.41, 5.74) is 19.0. The molecule has 0 amide bonds. The summed E-state index contributed by atoms with van der Waals surface area (Å²) in [7, 11) is 0. The van der Waals surface area contributed by atoms with E-state index in [1.807, 2.05) is 12.3 Å². The van der Waals surface area contributed by atoms with Gasteiger partial charge in [-0.2, -0.15) is 0 Å². The fraction of sp³-hybridized carbons (Fsp3) is 0.0154. The minimum atomic E-state index is 0.771. The minimum absolute atomic E-state index is 0.771. The molecule has 0 N–H and O–H groups in total. The van der Waals surface area contributed by atoms with Crippen molar-refractivity contribution >= 4 is 76.4 Å². The molecule has 0 bridgehead atoms. The molecule has 2 aromatic heterocycles. The van der Waals surface area contributed by atoms with Gasteiger partial charge in [0.2, 0.25) is 0 Å². The lowest BCUT2D eigenvalue weighted by Crippen LogP contribution is -1.95. The molecule has 12 aromatic rings. The first-order valence-electron chi connectivity index (χ1n) is 23.1. The van der Waals surface area contributed by atoms with E-state index in [4.69, 9.17) is 9.97 Å². The standard InChI is InChI=1S/C65H42N2/c1-4-18-42(19-5-1)60-53-29-12-14-31-55(53)63(56-32-15-13-30-54(56)60)58-41-57(61(43-20-6-2-7-21-43)62(58)44-22-8-3-9-23-44)48-25-16-24-47(40-48)49-36-37-52(51-28-11-10-27-50(49)51)59-38-35-46-34-33-45-26-17-39-66-64(45)65(46)67-59/h1-40H,41H2. The number of rotatable bonds is 7. The van der Waals surface area contributed by atoms with Gasteiger partial charge >= 0.3 is 0 Å². The molecule has 0 unspecified atom stereocenters. The van der Waals surface area contributed by atoms with Crippen LogP contribution < -0.4 is 0 Å². The van der Waals surface area contributed by atoms with Crippen LogP contribution >= 0.6 is 0 Å². The molecule has 312 valence electrons. The Kier molecular flexibility index (Phi) is 9.28. The van der Waals surface area contributed by atoms with Crippen molar-refractivity contribution in [3.8, 4) is 33.5 Å². The topological polar surface area (TPSA) is 25.8 Å². The van der Waals surface area contributed by atoms with Gasteiger partial charge in [-0.1, -0.05) is 218 Å². The van der Waals surface area contributed by atoms with Gasteiger partial charge < -0.3 is 0 Å². The van der Waals surface area contributed by atoms with Gasteiger partial charge in [0.15, 0.2) is 0 Å². The third kappa shape index (κ3) is 6.49. The average Bonchev–Trinajstić information content (AvgIpc) is 3.80. The van der Waals surface area contributed by atoms with Gasteiger partial charge in [0, 0.05) is 22.5 Å². The molecule has 67 heavy (non-hydrogen) atoms. The summed E-state index contributed by atoms with van der Waals surface area (Å²) in [5.74, 6) is 0. The van der Waals surface area contributed by atoms with E-state index in [9.17, 15) is 0 Å². The van der Waals surface area contributed by atoms with Crippen LogP contribution in [0.1, 0.15) is 28.7 Å². The molecule has 13 rings (SSSR count). The molecule has 0 radical (unpaired) electrons. The molecular formula is C65H42N2. The lowest BCUT2D eigenvalue weighted by Gasteiger charge is -2.20. The summed E-state index contributed by atoms with van der Waals surface area (Å²) in [6.07, 6.45) is 2.62. The van der Waals surface area contributed by atoms with Crippen LogP contribution in [0.3, 0.4) is 0 Å². The first-order chi connectivity index (χ1) is 33.3. The highest BCUT2D eigenvalue weighted by Gasteiger charge is 2.31. The number of aromatic nitrogens is 2. The fourth-order valence-corrected chi connectivity index (χ4v) is 10.9. The van der Waals surface area contributed by atoms with Crippen LogP contribution in [0.15, 0.2) is 243 Å². The monoisotopic (exact) mass is 850 g/mol. The molecule has 0 spiro atoms. The first-order valence-corrected chi connectivity index (χ1v) is 23.1. The second-order valence-corrected chi connectivity index (χ2v) is 17.5. The maximum atomic E-state index is 5.28. The van der Waals surface area contributed by atoms with Crippen LogP contribution in [-0.4, -0.2) is 9.97 Å². The third-order valence-corrected chi connectivity index (χ3v) is 13.8. The number of hydrogen-bond acceptors (Lipinski definition) is 2. The summed E-state index contributed by atoms with van der Waals surface area (Å²) >= 11 is 0. The highest BCUT2D eigenvalue weighted by atomic mass is 14.8. The van der Waals surface area contributed by atoms with E-state index in [0.29, 0.717) is 0 Å². The van der Waals surface area contributed by atoms with Crippen molar-refractivity contribution in [3.63, 3.8) is 0 Å². The van der Waals surface area contributed by atoms with Crippen LogP contribution in [0.25, 0.3) is 110 Å². The number of hydrogen-bond donors (Lipinski definition) is 0. The predicted molar refractivity (Wildman–Crippen MR) is 283 cm³/mol. The van der Waals surface area contributed by atoms with Crippen molar-refractivity contribution in [2.24, 2.45) is 0 Å². The summed E-state index contributed by atoms with van der Waals surface area (Å²) in [5, 5.41) is 9.60. The van der Waals surface area contributed by atoms with E-state index < -0.39 is 0 Å². The molecule has 2 heterocycles. The summed E-state index contributed by atoms with van der Waals surface area (Å²) in [6, 6.07) is 86.3. The van der Waals surface area contributed by atoms with Gasteiger partial charge in [-0.25, -0.2) is 4.98 Å². The average molecular weight is 851 g/mol. The Bertz CT molecular complexity index is 3920. The van der Waals surface area contributed by atoms with Gasteiger partial charge in [-0.05, 0) is 124 Å². The molecule has 0 fully saturated rings. The highest BCUT2D eigenvalue weighted by Crippen LogP contribution is 2.55. The normalized spacial score (nSPS) is 12.9. The number of pyridine rings is 2. The second-order valence-electron chi connectivity index (χ2n) is 17.5. The maximum absolute atomic E-state index is 5.28. The second kappa shape index (κ2) is 16.1. The zero-order chi connectivity index (χ0) is 44.3. The van der Waals surface area contributed by atoms with Crippen molar-refractivity contribution in [2.45, 2.75) is 6.42 Å². The van der Waals surface area contributed by atoms with Crippen LogP contribution in [0.4, 0.5) is 0 Å². The van der Waals surface area contributed by atoms with Crippen molar-refractivity contribution in [1.82, 2.24) is 9.97 Å². The van der Waals surface area contributed by atoms with E-state index in [2.05, 4.69) is 231 Å². The molecule has 0 aliphatic heterocycles. The predicted octanol–water partition coefficient (Wildman–Crippen LogP) is 17.2. The molecule has 0 saturated carbocycles. The van der Waals surface area contributed by atoms with Crippen LogP contribution in [-0.2, 0) is 0 Å². The summed E-state index contributed by atoms with van der Waals surface area (Å²) < 4.78 is 0. The van der Waals surface area contributed by atoms with E-state index in [-0.39, 0.29) is 0 Å². The molecular weight excluding hydrogens is 809 g/mol. The van der Waals surface area contributed by atoms with Crippen LogP contribution in [0.5, 0.6) is 0 Å². The Hall–Kier alpha value is -8.72. The number of fused-ring (bicyclic) bond motifs is 6. The quantitative estimate of drug-likeness (QED) is 0.118. The number of allylic oxidation sites excluding steroid dienone is 4. The largest absolute Gasteiger partial charge is 0.254 e. The smallest absolute Gasteiger partial charge is 0.0972 e. The maximum Gasteiger partial charge on any atom is 0.0972 e. The Morgan fingerprint density at radius 1 is 0.299 bits per heavy atom. The SMILES string of the molecule is c1ccc(C2=C(c3cccc(-c4ccc(-c5ccc6ccc7cccnc7c6n5)c5ccccc45)c3)CC(c3c4ccccc4c(-c4ccccc4)c4ccccc34)=C2c2ccccc2)cc1. The Labute approximate surface area is 389 Å². The van der Waals surface area contributed by atoms with Gasteiger partial charge in [-0.3, -0.25) is 4.98 Å². The zero-order valence-electron chi connectivity index (χ0n) is 36.7. The summed E-state index contributed by atoms with van der Waals surface area (Å²) in [6.45, 7) is 0. The van der Waals surface area contributed by atoms with Gasteiger partial charge in [0.25, 0.3) is 0 Å². The lowest BCUT2D eigenvalue weighted by molar-refractivity contribution is 1.37. The van der Waals surface area contributed by atoms with Gasteiger partial charge in [0.05, 0.1) is 16.7 Å². The van der Waals surface area contributed by atoms with Gasteiger partial charge in [0.1, 0.15) is 0 Å². The lowest BCUT2D eigenvalue weighted by atomic mass is 9.83. The number of nitrogens with zero attached hydrogens (tertiary/aromatic N) is 2. The third-order valence-electron chi connectivity index (χ3n) is 13.8. The van der Waals surface area contributed by atoms with Crippen molar-refractivity contribution in [1.29, 1.82) is 0 Å². The molecule has 0 saturated heterocycles. The molecule has 2 heteroatoms. The highest BCUT2D eigenvalue weighted by molar-refractivity contribution is 6.32. The Morgan fingerprint density at radius 3 is 1.42 bits per heavy atom. The Morgan fingerprint density at radius 2 is 0.776 bits per heavy atom. The van der Waals surface area contributed by atoms with Crippen molar-refractivity contribution in [3.05, 3.63) is 265 Å². The van der Waals surface area contributed by atoms with Gasteiger partial charge in [-0.15, -0.1) is 0 Å². The Balaban J connectivity index is 1.01. The molecule has 1 aliphatic rings. The fourth-order valence-electron chi connectivity index (χ4n) is 10.9. The molecule has 2 nitrogen and oxygen atoms in total. The van der Waals surface area contributed by atoms with Crippen LogP contribution in [0.2, 0.25) is 0 Å². The minimum Gasteiger partial charge on any atom is -0.254 e. The van der Waals surface area contributed by atoms with Crippen LogP contribution in [0, 0.1) is 0 Å². The van der Waals surface area contributed by atoms with E-state index in [0.717, 1.165) is 39.5 Å². The first kappa shape index (κ1) is 38.7. The van der Waals surface area contributed by atoms with Crippen molar-refractivity contribution in [2.75, 3.05) is 0 Å². The number of benzene rings is 10.